The van der Waals surface area contributed by atoms with Crippen LogP contribution in [0.5, 0.6) is 5.75 Å². The van der Waals surface area contributed by atoms with E-state index >= 15 is 0 Å². The molecule has 116 valence electrons. The van der Waals surface area contributed by atoms with E-state index in [1.165, 1.54) is 5.56 Å². The van der Waals surface area contributed by atoms with E-state index in [4.69, 9.17) is 10.5 Å². The molecule has 0 aliphatic heterocycles. The molecule has 0 aliphatic carbocycles. The molecule has 0 spiro atoms. The maximum Gasteiger partial charge on any atom is 0.265 e. The van der Waals surface area contributed by atoms with Crippen molar-refractivity contribution in [1.29, 1.82) is 0 Å². The zero-order valence-corrected chi connectivity index (χ0v) is 13.2. The Balaban J connectivity index is 1.96. The fraction of sp³-hybridized carbons (Fsp3) is 0.278. The summed E-state index contributed by atoms with van der Waals surface area (Å²) in [6, 6.07) is 14.9. The molecule has 2 rings (SSSR count). The lowest BCUT2D eigenvalue weighted by atomic mass is 10.0. The zero-order valence-electron chi connectivity index (χ0n) is 13.2. The van der Waals surface area contributed by atoms with Crippen LogP contribution in [-0.4, -0.2) is 12.0 Å². The van der Waals surface area contributed by atoms with Crippen LogP contribution in [0.2, 0.25) is 0 Å². The predicted octanol–water partition coefficient (Wildman–Crippen LogP) is 3.80. The molecule has 4 heteroatoms. The quantitative estimate of drug-likeness (QED) is 0.825. The van der Waals surface area contributed by atoms with Gasteiger partial charge in [0, 0.05) is 11.4 Å². The molecule has 0 saturated heterocycles. The third kappa shape index (κ3) is 4.25. The van der Waals surface area contributed by atoms with E-state index in [1.54, 1.807) is 31.2 Å². The molecule has 1 amide bonds. The number of rotatable bonds is 5. The number of carbonyl (C=O) groups is 1. The van der Waals surface area contributed by atoms with Gasteiger partial charge in [-0.05, 0) is 48.7 Å². The van der Waals surface area contributed by atoms with Crippen molar-refractivity contribution in [3.05, 3.63) is 54.1 Å². The number of nitrogens with one attached hydrogen (secondary N) is 1. The standard InChI is InChI=1S/C18H22N2O2/c1-12(2)14-7-9-17(10-8-14)22-13(3)18(21)20-16-6-4-5-15(19)11-16/h4-13H,19H2,1-3H3,(H,20,21)/t13-/m0/s1. The first-order valence-electron chi connectivity index (χ1n) is 7.38. The van der Waals surface area contributed by atoms with Crippen molar-refractivity contribution in [2.24, 2.45) is 0 Å². The SMILES string of the molecule is CC(C)c1ccc(O[C@@H](C)C(=O)Nc2cccc(N)c2)cc1. The maximum atomic E-state index is 12.1. The molecule has 3 N–H and O–H groups in total. The maximum absolute atomic E-state index is 12.1. The van der Waals surface area contributed by atoms with Crippen molar-refractivity contribution in [2.45, 2.75) is 32.8 Å². The number of anilines is 2. The van der Waals surface area contributed by atoms with Gasteiger partial charge in [0.05, 0.1) is 0 Å². The van der Waals surface area contributed by atoms with Gasteiger partial charge in [-0.3, -0.25) is 4.79 Å². The summed E-state index contributed by atoms with van der Waals surface area (Å²) in [5.41, 5.74) is 8.20. The molecule has 0 radical (unpaired) electrons. The molecule has 2 aromatic carbocycles. The molecule has 4 nitrogen and oxygen atoms in total. The first-order chi connectivity index (χ1) is 10.5. The summed E-state index contributed by atoms with van der Waals surface area (Å²) in [5, 5.41) is 2.79. The van der Waals surface area contributed by atoms with Crippen LogP contribution in [0.3, 0.4) is 0 Å². The van der Waals surface area contributed by atoms with Gasteiger partial charge in [-0.2, -0.15) is 0 Å². The second-order valence-corrected chi connectivity index (χ2v) is 5.60. The summed E-state index contributed by atoms with van der Waals surface area (Å²) in [6.45, 7) is 5.99. The fourth-order valence-corrected chi connectivity index (χ4v) is 2.05. The van der Waals surface area contributed by atoms with Crippen molar-refractivity contribution in [3.63, 3.8) is 0 Å². The number of ether oxygens (including phenoxy) is 1. The lowest BCUT2D eigenvalue weighted by Crippen LogP contribution is -2.30. The third-order valence-corrected chi connectivity index (χ3v) is 3.38. The van der Waals surface area contributed by atoms with E-state index < -0.39 is 6.10 Å². The summed E-state index contributed by atoms with van der Waals surface area (Å²) >= 11 is 0. The molecule has 22 heavy (non-hydrogen) atoms. The lowest BCUT2D eigenvalue weighted by Gasteiger charge is -2.15. The Morgan fingerprint density at radius 1 is 1.09 bits per heavy atom. The monoisotopic (exact) mass is 298 g/mol. The van der Waals surface area contributed by atoms with Crippen LogP contribution in [0.4, 0.5) is 11.4 Å². The Hall–Kier alpha value is -2.49. The van der Waals surface area contributed by atoms with Gasteiger partial charge in [0.2, 0.25) is 0 Å². The number of amides is 1. The number of nitrogens with two attached hydrogens (primary N) is 1. The molecule has 1 atom stereocenters. The van der Waals surface area contributed by atoms with Gasteiger partial charge < -0.3 is 15.8 Å². The van der Waals surface area contributed by atoms with E-state index in [0.717, 1.165) is 0 Å². The van der Waals surface area contributed by atoms with Crippen LogP contribution in [0, 0.1) is 0 Å². The van der Waals surface area contributed by atoms with E-state index in [2.05, 4.69) is 19.2 Å². The molecular formula is C18H22N2O2. The van der Waals surface area contributed by atoms with E-state index in [-0.39, 0.29) is 5.91 Å². The Morgan fingerprint density at radius 3 is 2.36 bits per heavy atom. The van der Waals surface area contributed by atoms with E-state index in [1.807, 2.05) is 24.3 Å². The highest BCUT2D eigenvalue weighted by molar-refractivity contribution is 5.94. The first-order valence-corrected chi connectivity index (χ1v) is 7.38. The van der Waals surface area contributed by atoms with Crippen LogP contribution in [0.25, 0.3) is 0 Å². The second kappa shape index (κ2) is 6.98. The highest BCUT2D eigenvalue weighted by atomic mass is 16.5. The minimum atomic E-state index is -0.591. The molecule has 0 saturated carbocycles. The average molecular weight is 298 g/mol. The highest BCUT2D eigenvalue weighted by Gasteiger charge is 2.15. The van der Waals surface area contributed by atoms with Gasteiger partial charge in [-0.15, -0.1) is 0 Å². The molecule has 0 bridgehead atoms. The first kappa shape index (κ1) is 15.9. The highest BCUT2D eigenvalue weighted by Crippen LogP contribution is 2.20. The number of nitrogen functional groups attached to an aromatic ring is 1. The number of benzene rings is 2. The largest absolute Gasteiger partial charge is 0.481 e. The van der Waals surface area contributed by atoms with E-state index in [9.17, 15) is 4.79 Å². The summed E-state index contributed by atoms with van der Waals surface area (Å²) in [6.07, 6.45) is -0.591. The molecule has 2 aromatic rings. The molecule has 0 heterocycles. The van der Waals surface area contributed by atoms with Gasteiger partial charge in [0.25, 0.3) is 5.91 Å². The predicted molar refractivity (Wildman–Crippen MR) is 90.1 cm³/mol. The van der Waals surface area contributed by atoms with Crippen molar-refractivity contribution in [3.8, 4) is 5.75 Å². The van der Waals surface area contributed by atoms with Crippen molar-refractivity contribution < 1.29 is 9.53 Å². The van der Waals surface area contributed by atoms with Gasteiger partial charge in [-0.25, -0.2) is 0 Å². The summed E-state index contributed by atoms with van der Waals surface area (Å²) < 4.78 is 5.67. The normalized spacial score (nSPS) is 12.0. The average Bonchev–Trinajstić information content (AvgIpc) is 2.47. The third-order valence-electron chi connectivity index (χ3n) is 3.38. The fourth-order valence-electron chi connectivity index (χ4n) is 2.05. The van der Waals surface area contributed by atoms with Crippen LogP contribution in [0.15, 0.2) is 48.5 Å². The van der Waals surface area contributed by atoms with Crippen LogP contribution in [0.1, 0.15) is 32.3 Å². The van der Waals surface area contributed by atoms with Crippen molar-refractivity contribution in [1.82, 2.24) is 0 Å². The molecule has 0 fully saturated rings. The van der Waals surface area contributed by atoms with Crippen molar-refractivity contribution in [2.75, 3.05) is 11.1 Å². The van der Waals surface area contributed by atoms with Gasteiger partial charge in [-0.1, -0.05) is 32.0 Å². The summed E-state index contributed by atoms with van der Waals surface area (Å²) in [5.74, 6) is 0.941. The molecule has 0 aliphatic rings. The Labute approximate surface area is 131 Å². The molecule has 0 aromatic heterocycles. The van der Waals surface area contributed by atoms with Crippen LogP contribution >= 0.6 is 0 Å². The van der Waals surface area contributed by atoms with Crippen molar-refractivity contribution >= 4 is 17.3 Å². The number of hydrogen-bond donors (Lipinski definition) is 2. The number of carbonyl (C=O) groups excluding carboxylic acids is 1. The smallest absolute Gasteiger partial charge is 0.265 e. The van der Waals surface area contributed by atoms with E-state index in [0.29, 0.717) is 23.0 Å². The van der Waals surface area contributed by atoms with Crippen LogP contribution in [-0.2, 0) is 4.79 Å². The molecular weight excluding hydrogens is 276 g/mol. The van der Waals surface area contributed by atoms with Crippen LogP contribution < -0.4 is 15.8 Å². The zero-order chi connectivity index (χ0) is 16.1. The Morgan fingerprint density at radius 2 is 1.77 bits per heavy atom. The summed E-state index contributed by atoms with van der Waals surface area (Å²) in [7, 11) is 0. The topological polar surface area (TPSA) is 64.3 Å². The van der Waals surface area contributed by atoms with Gasteiger partial charge in [0.15, 0.2) is 6.10 Å². The minimum Gasteiger partial charge on any atom is -0.481 e. The Kier molecular flexibility index (Phi) is 5.04. The second-order valence-electron chi connectivity index (χ2n) is 5.60. The van der Waals surface area contributed by atoms with Gasteiger partial charge >= 0.3 is 0 Å². The Bertz CT molecular complexity index is 636. The number of hydrogen-bond acceptors (Lipinski definition) is 3. The van der Waals surface area contributed by atoms with Gasteiger partial charge in [0.1, 0.15) is 5.75 Å². The summed E-state index contributed by atoms with van der Waals surface area (Å²) in [4.78, 5) is 12.1. The molecule has 0 unspecified atom stereocenters. The lowest BCUT2D eigenvalue weighted by molar-refractivity contribution is -0.122. The minimum absolute atomic E-state index is 0.210.